The second kappa shape index (κ2) is 18.7. The fourth-order valence-corrected chi connectivity index (χ4v) is 3.39. The van der Waals surface area contributed by atoms with Gasteiger partial charge in [-0.25, -0.2) is 0 Å². The Balaban J connectivity index is 4.61. The lowest BCUT2D eigenvalue weighted by atomic mass is 10.2. The molecule has 0 rings (SSSR count). The third kappa shape index (κ3) is 14.0. The van der Waals surface area contributed by atoms with E-state index in [9.17, 15) is 20.4 Å². The third-order valence-electron chi connectivity index (χ3n) is 5.37. The molecule has 0 heterocycles. The predicted molar refractivity (Wildman–Crippen MR) is 123 cm³/mol. The van der Waals surface area contributed by atoms with Gasteiger partial charge < -0.3 is 35.1 Å². The van der Waals surface area contributed by atoms with E-state index in [1.807, 2.05) is 22.0 Å². The summed E-state index contributed by atoms with van der Waals surface area (Å²) < 4.78 is 0.743. The van der Waals surface area contributed by atoms with E-state index in [1.54, 1.807) is 0 Å². The molecule has 31 heavy (non-hydrogen) atoms. The highest BCUT2D eigenvalue weighted by molar-refractivity contribution is 4.90. The fourth-order valence-electron chi connectivity index (χ4n) is 3.39. The predicted octanol–water partition coefficient (Wildman–Crippen LogP) is -1.75. The maximum atomic E-state index is 9.50. The first-order valence-corrected chi connectivity index (χ1v) is 11.1. The van der Waals surface area contributed by atoms with Gasteiger partial charge in [-0.2, -0.15) is 0 Å². The van der Waals surface area contributed by atoms with Crippen LogP contribution in [-0.4, -0.2) is 150 Å². The molecule has 0 aromatic rings. The quantitative estimate of drug-likeness (QED) is 0.0956. The average Bonchev–Trinajstić information content (AvgIpc) is 2.75. The summed E-state index contributed by atoms with van der Waals surface area (Å²) in [6.07, 6.45) is 9.19. The molecule has 2 atom stereocenters. The van der Waals surface area contributed by atoms with Gasteiger partial charge in [0.2, 0.25) is 0 Å². The van der Waals surface area contributed by atoms with E-state index in [0.717, 1.165) is 17.6 Å². The summed E-state index contributed by atoms with van der Waals surface area (Å²) in [5, 5.41) is 55.8. The molecule has 0 aliphatic rings. The lowest BCUT2D eigenvalue weighted by Crippen LogP contribution is -2.42. The smallest absolute Gasteiger partial charge is 0.0972 e. The van der Waals surface area contributed by atoms with Gasteiger partial charge in [-0.3, -0.25) is 9.80 Å². The Bertz CT molecular complexity index is 436. The van der Waals surface area contributed by atoms with Crippen LogP contribution in [0.5, 0.6) is 0 Å². The maximum Gasteiger partial charge on any atom is 0.0972 e. The lowest BCUT2D eigenvalue weighted by Gasteiger charge is -2.30. The van der Waals surface area contributed by atoms with Gasteiger partial charge in [0.1, 0.15) is 0 Å². The van der Waals surface area contributed by atoms with Crippen molar-refractivity contribution in [2.24, 2.45) is 0 Å². The number of hydrogen-bond acceptors (Lipinski definition) is 8. The standard InChI is InChI=1S/C22H46N3O6/c1-25(2,13-5-3-9-23(11-17-28)21(19-30)7-15-26)14-6-4-10-24(12-18-29)22(20-31)8-16-27/h3-6,21-22,26-31H,7-20H2,1-2H3/q+1/b5-3+,6-4?. The number of rotatable bonds is 20. The molecule has 0 aromatic heterocycles. The Morgan fingerprint density at radius 3 is 1.29 bits per heavy atom. The Morgan fingerprint density at radius 1 is 0.613 bits per heavy atom. The van der Waals surface area contributed by atoms with Gasteiger partial charge in [0.15, 0.2) is 0 Å². The zero-order chi connectivity index (χ0) is 23.5. The summed E-state index contributed by atoms with van der Waals surface area (Å²) in [7, 11) is 4.24. The number of likely N-dealkylation sites (N-methyl/N-ethyl adjacent to an activating group) is 1. The summed E-state index contributed by atoms with van der Waals surface area (Å²) in [6.45, 7) is 3.64. The van der Waals surface area contributed by atoms with Crippen molar-refractivity contribution in [3.8, 4) is 0 Å². The van der Waals surface area contributed by atoms with Crippen LogP contribution in [0.1, 0.15) is 12.8 Å². The Labute approximate surface area is 187 Å². The minimum Gasteiger partial charge on any atom is -0.396 e. The molecule has 0 spiro atoms. The summed E-state index contributed by atoms with van der Waals surface area (Å²) in [6, 6.07) is -0.328. The van der Waals surface area contributed by atoms with Crippen molar-refractivity contribution in [3.05, 3.63) is 24.3 Å². The van der Waals surface area contributed by atoms with Crippen molar-refractivity contribution in [2.45, 2.75) is 24.9 Å². The zero-order valence-corrected chi connectivity index (χ0v) is 19.4. The average molecular weight is 449 g/mol. The Morgan fingerprint density at radius 2 is 1.00 bits per heavy atom. The maximum absolute atomic E-state index is 9.50. The van der Waals surface area contributed by atoms with Gasteiger partial charge >= 0.3 is 0 Å². The van der Waals surface area contributed by atoms with E-state index in [2.05, 4.69) is 26.2 Å². The van der Waals surface area contributed by atoms with Crippen LogP contribution in [0.15, 0.2) is 24.3 Å². The van der Waals surface area contributed by atoms with Gasteiger partial charge in [0.25, 0.3) is 0 Å². The molecule has 0 amide bonds. The molecule has 0 fully saturated rings. The van der Waals surface area contributed by atoms with Gasteiger partial charge in [-0.15, -0.1) is 0 Å². The van der Waals surface area contributed by atoms with Crippen LogP contribution >= 0.6 is 0 Å². The minimum absolute atomic E-state index is 0.00189. The molecule has 0 bridgehead atoms. The first-order chi connectivity index (χ1) is 14.9. The highest BCUT2D eigenvalue weighted by Gasteiger charge is 2.17. The number of nitrogens with zero attached hydrogens (tertiary/aromatic N) is 3. The van der Waals surface area contributed by atoms with E-state index in [4.69, 9.17) is 10.2 Å². The Hall–Kier alpha value is -0.880. The topological polar surface area (TPSA) is 128 Å². The van der Waals surface area contributed by atoms with Gasteiger partial charge in [-0.1, -0.05) is 12.2 Å². The first-order valence-electron chi connectivity index (χ1n) is 11.1. The van der Waals surface area contributed by atoms with E-state index in [0.29, 0.717) is 39.0 Å². The molecule has 2 unspecified atom stereocenters. The van der Waals surface area contributed by atoms with Crippen molar-refractivity contribution >= 4 is 0 Å². The van der Waals surface area contributed by atoms with Gasteiger partial charge in [0, 0.05) is 51.5 Å². The largest absolute Gasteiger partial charge is 0.396 e. The van der Waals surface area contributed by atoms with Gasteiger partial charge in [-0.05, 0) is 25.0 Å². The molecule has 0 radical (unpaired) electrons. The highest BCUT2D eigenvalue weighted by atomic mass is 16.3. The van der Waals surface area contributed by atoms with E-state index in [1.165, 1.54) is 0 Å². The van der Waals surface area contributed by atoms with Crippen molar-refractivity contribution in [1.82, 2.24) is 9.80 Å². The summed E-state index contributed by atoms with van der Waals surface area (Å²) >= 11 is 0. The molecular weight excluding hydrogens is 402 g/mol. The van der Waals surface area contributed by atoms with E-state index < -0.39 is 0 Å². The third-order valence-corrected chi connectivity index (χ3v) is 5.37. The van der Waals surface area contributed by atoms with Crippen molar-refractivity contribution in [1.29, 1.82) is 0 Å². The zero-order valence-electron chi connectivity index (χ0n) is 19.4. The van der Waals surface area contributed by atoms with Crippen LogP contribution < -0.4 is 0 Å². The molecular formula is C22H46N3O6+. The molecule has 0 saturated carbocycles. The number of hydrogen-bond donors (Lipinski definition) is 6. The molecule has 0 aliphatic carbocycles. The molecule has 9 heteroatoms. The SMILES string of the molecule is C[N+](C)(CC=CCN(CCO)C(CO)CCO)C/C=C/CN(CCO)C(CO)CCO. The minimum atomic E-state index is -0.164. The van der Waals surface area contributed by atoms with Crippen LogP contribution in [-0.2, 0) is 0 Å². The summed E-state index contributed by atoms with van der Waals surface area (Å²) in [4.78, 5) is 3.93. The van der Waals surface area contributed by atoms with Crippen molar-refractivity contribution in [3.63, 3.8) is 0 Å². The molecule has 9 nitrogen and oxygen atoms in total. The molecule has 0 aromatic carbocycles. The first kappa shape index (κ1) is 30.1. The van der Waals surface area contributed by atoms with Gasteiger partial charge in [0.05, 0.1) is 53.6 Å². The number of aliphatic hydroxyl groups excluding tert-OH is 6. The van der Waals surface area contributed by atoms with Crippen LogP contribution in [0.4, 0.5) is 0 Å². The number of aliphatic hydroxyl groups is 6. The molecule has 0 aliphatic heterocycles. The Kier molecular flexibility index (Phi) is 18.1. The van der Waals surface area contributed by atoms with E-state index in [-0.39, 0.29) is 51.7 Å². The monoisotopic (exact) mass is 448 g/mol. The van der Waals surface area contributed by atoms with Crippen LogP contribution in [0, 0.1) is 0 Å². The molecule has 184 valence electrons. The van der Waals surface area contributed by atoms with E-state index >= 15 is 0 Å². The van der Waals surface area contributed by atoms with Crippen molar-refractivity contribution < 1.29 is 35.1 Å². The second-order valence-electron chi connectivity index (χ2n) is 8.38. The fraction of sp³-hybridized carbons (Fsp3) is 0.818. The van der Waals surface area contributed by atoms with Crippen LogP contribution in [0.3, 0.4) is 0 Å². The summed E-state index contributed by atoms with van der Waals surface area (Å²) in [5.74, 6) is 0. The number of quaternary nitrogens is 1. The lowest BCUT2D eigenvalue weighted by molar-refractivity contribution is -0.878. The van der Waals surface area contributed by atoms with Crippen molar-refractivity contribution in [2.75, 3.05) is 93.0 Å². The molecule has 0 saturated heterocycles. The van der Waals surface area contributed by atoms with Crippen LogP contribution in [0.2, 0.25) is 0 Å². The summed E-state index contributed by atoms with van der Waals surface area (Å²) in [5.41, 5.74) is 0. The van der Waals surface area contributed by atoms with Crippen LogP contribution in [0.25, 0.3) is 0 Å². The second-order valence-corrected chi connectivity index (χ2v) is 8.38. The normalized spacial score (nSPS) is 15.0. The molecule has 6 N–H and O–H groups in total. The highest BCUT2D eigenvalue weighted by Crippen LogP contribution is 2.06.